The summed E-state index contributed by atoms with van der Waals surface area (Å²) in [5.74, 6) is 0. The minimum Gasteiger partial charge on any atom is -0.397 e. The van der Waals surface area contributed by atoms with Crippen LogP contribution in [-0.4, -0.2) is 22.8 Å². The van der Waals surface area contributed by atoms with Crippen LogP contribution >= 0.6 is 0 Å². The molecule has 0 amide bonds. The molecule has 2 atom stereocenters. The van der Waals surface area contributed by atoms with E-state index in [4.69, 9.17) is 8.85 Å². The molecule has 2 nitrogen and oxygen atoms in total. The van der Waals surface area contributed by atoms with E-state index in [-0.39, 0.29) is 0 Å². The average molecular weight is 305 g/mol. The molecule has 2 aliphatic rings. The van der Waals surface area contributed by atoms with E-state index in [2.05, 4.69) is 53.7 Å². The van der Waals surface area contributed by atoms with Crippen LogP contribution in [-0.2, 0) is 8.85 Å². The lowest BCUT2D eigenvalue weighted by Crippen LogP contribution is -2.50. The molecule has 0 aromatic carbocycles. The zero-order valence-electron chi connectivity index (χ0n) is 14.6. The van der Waals surface area contributed by atoms with Gasteiger partial charge >= 0.3 is 8.56 Å². The van der Waals surface area contributed by atoms with Gasteiger partial charge in [0, 0.05) is 25.3 Å². The maximum Gasteiger partial charge on any atom is 0.360 e. The van der Waals surface area contributed by atoms with Crippen LogP contribution in [0, 0.1) is 0 Å². The molecule has 0 spiro atoms. The highest BCUT2D eigenvalue weighted by Gasteiger charge is 2.56. The molecular weight excluding hydrogens is 276 g/mol. The first kappa shape index (κ1) is 16.5. The van der Waals surface area contributed by atoms with Gasteiger partial charge in [-0.1, -0.05) is 45.6 Å². The lowest BCUT2D eigenvalue weighted by atomic mass is 10.1. The van der Waals surface area contributed by atoms with Gasteiger partial charge in [-0.15, -0.1) is 0 Å². The first-order chi connectivity index (χ1) is 9.80. The summed E-state index contributed by atoms with van der Waals surface area (Å²) in [5.41, 5.74) is 8.92. The quantitative estimate of drug-likeness (QED) is 0.676. The Morgan fingerprint density at radius 1 is 0.714 bits per heavy atom. The molecule has 2 unspecified atom stereocenters. The molecule has 21 heavy (non-hydrogen) atoms. The fraction of sp³-hybridized carbons (Fsp3) is 0.556. The van der Waals surface area contributed by atoms with E-state index in [1.54, 1.807) is 0 Å². The molecule has 0 heterocycles. The maximum atomic E-state index is 6.20. The van der Waals surface area contributed by atoms with Crippen LogP contribution in [0.5, 0.6) is 0 Å². The zero-order valence-corrected chi connectivity index (χ0v) is 15.6. The number of hydrogen-bond donors (Lipinski definition) is 0. The number of rotatable bonds is 4. The highest BCUT2D eigenvalue weighted by molar-refractivity contribution is 6.73. The Morgan fingerprint density at radius 2 is 1.05 bits per heavy atom. The summed E-state index contributed by atoms with van der Waals surface area (Å²) >= 11 is 0. The molecule has 0 aromatic heterocycles. The second kappa shape index (κ2) is 5.71. The van der Waals surface area contributed by atoms with Crippen molar-refractivity contribution in [1.29, 1.82) is 0 Å². The first-order valence-electron chi connectivity index (χ1n) is 7.61. The van der Waals surface area contributed by atoms with Crippen molar-refractivity contribution in [2.24, 2.45) is 0 Å². The highest BCUT2D eigenvalue weighted by Crippen LogP contribution is 2.54. The molecule has 0 aliphatic heterocycles. The molecular formula is C18H28O2Si. The first-order valence-corrected chi connectivity index (χ1v) is 9.58. The molecule has 116 valence electrons. The standard InChI is InChI=1S/C18H28O2Si/c1-11-9-13(3)17(15(11)5)21(19-7,20-8)18-14(4)10-12(2)16(18)6/h9-10,17-18H,1-8H3. The van der Waals surface area contributed by atoms with E-state index in [0.717, 1.165) is 0 Å². The Morgan fingerprint density at radius 3 is 1.24 bits per heavy atom. The van der Waals surface area contributed by atoms with Crippen LogP contribution in [0.1, 0.15) is 41.5 Å². The summed E-state index contributed by atoms with van der Waals surface area (Å²) in [6.07, 6.45) is 4.58. The molecule has 0 saturated carbocycles. The molecule has 3 heteroatoms. The lowest BCUT2D eigenvalue weighted by Gasteiger charge is -2.41. The fourth-order valence-electron chi connectivity index (χ4n) is 4.18. The van der Waals surface area contributed by atoms with Crippen molar-refractivity contribution in [3.8, 4) is 0 Å². The van der Waals surface area contributed by atoms with Crippen molar-refractivity contribution in [3.63, 3.8) is 0 Å². The Balaban J connectivity index is 2.59. The summed E-state index contributed by atoms with van der Waals surface area (Å²) in [4.78, 5) is 0. The molecule has 0 fully saturated rings. The monoisotopic (exact) mass is 304 g/mol. The van der Waals surface area contributed by atoms with Crippen LogP contribution < -0.4 is 0 Å². The summed E-state index contributed by atoms with van der Waals surface area (Å²) in [7, 11) is 1.20. The van der Waals surface area contributed by atoms with Gasteiger partial charge in [-0.3, -0.25) is 0 Å². The summed E-state index contributed by atoms with van der Waals surface area (Å²) < 4.78 is 12.4. The van der Waals surface area contributed by atoms with Crippen LogP contribution in [0.15, 0.2) is 45.6 Å². The molecule has 0 N–H and O–H groups in total. The molecule has 2 aliphatic carbocycles. The van der Waals surface area contributed by atoms with Crippen molar-refractivity contribution in [2.45, 2.75) is 52.6 Å². The zero-order chi connectivity index (χ0) is 15.9. The summed E-state index contributed by atoms with van der Waals surface area (Å²) in [6, 6.07) is 0. The number of hydrogen-bond acceptors (Lipinski definition) is 2. The van der Waals surface area contributed by atoms with Gasteiger partial charge in [-0.2, -0.15) is 0 Å². The molecule has 0 radical (unpaired) electrons. The number of allylic oxidation sites excluding steroid dienone is 8. The van der Waals surface area contributed by atoms with E-state index in [1.807, 2.05) is 14.2 Å². The van der Waals surface area contributed by atoms with Crippen molar-refractivity contribution in [2.75, 3.05) is 14.2 Å². The predicted molar refractivity (Wildman–Crippen MR) is 91.5 cm³/mol. The molecule has 0 bridgehead atoms. The van der Waals surface area contributed by atoms with Gasteiger partial charge < -0.3 is 8.85 Å². The molecule has 2 rings (SSSR count). The lowest BCUT2D eigenvalue weighted by molar-refractivity contribution is 0.231. The minimum atomic E-state index is -2.47. The van der Waals surface area contributed by atoms with Gasteiger partial charge in [-0.05, 0) is 41.5 Å². The highest BCUT2D eigenvalue weighted by atomic mass is 28.4. The van der Waals surface area contributed by atoms with E-state index >= 15 is 0 Å². The van der Waals surface area contributed by atoms with Gasteiger partial charge in [0.15, 0.2) is 0 Å². The predicted octanol–water partition coefficient (Wildman–Crippen LogP) is 5.05. The van der Waals surface area contributed by atoms with Crippen LogP contribution in [0.3, 0.4) is 0 Å². The van der Waals surface area contributed by atoms with Crippen molar-refractivity contribution >= 4 is 8.56 Å². The minimum absolute atomic E-state index is 0.307. The van der Waals surface area contributed by atoms with E-state index in [1.165, 1.54) is 33.4 Å². The average Bonchev–Trinajstić information content (AvgIpc) is 2.83. The summed E-state index contributed by atoms with van der Waals surface area (Å²) in [6.45, 7) is 13.3. The Kier molecular flexibility index (Phi) is 4.48. The van der Waals surface area contributed by atoms with Crippen molar-refractivity contribution in [3.05, 3.63) is 45.6 Å². The largest absolute Gasteiger partial charge is 0.397 e. The Bertz CT molecular complexity index is 526. The van der Waals surface area contributed by atoms with Crippen LogP contribution in [0.2, 0.25) is 11.1 Å². The third-order valence-corrected chi connectivity index (χ3v) is 10.0. The van der Waals surface area contributed by atoms with E-state index in [9.17, 15) is 0 Å². The van der Waals surface area contributed by atoms with Gasteiger partial charge in [0.25, 0.3) is 0 Å². The third-order valence-electron chi connectivity index (χ3n) is 5.35. The van der Waals surface area contributed by atoms with Crippen LogP contribution in [0.4, 0.5) is 0 Å². The third kappa shape index (κ3) is 2.32. The Labute approximate surface area is 130 Å². The van der Waals surface area contributed by atoms with Gasteiger partial charge in [0.1, 0.15) is 0 Å². The second-order valence-corrected chi connectivity index (χ2v) is 9.92. The normalized spacial score (nSPS) is 26.7. The smallest absolute Gasteiger partial charge is 0.360 e. The Hall–Kier alpha value is -0.903. The maximum absolute atomic E-state index is 6.20. The van der Waals surface area contributed by atoms with Crippen molar-refractivity contribution < 1.29 is 8.85 Å². The molecule has 0 aromatic rings. The van der Waals surface area contributed by atoms with Crippen molar-refractivity contribution in [1.82, 2.24) is 0 Å². The van der Waals surface area contributed by atoms with Gasteiger partial charge in [-0.25, -0.2) is 0 Å². The molecule has 0 saturated heterocycles. The van der Waals surface area contributed by atoms with Crippen LogP contribution in [0.25, 0.3) is 0 Å². The van der Waals surface area contributed by atoms with Gasteiger partial charge in [0.05, 0.1) is 0 Å². The van der Waals surface area contributed by atoms with Gasteiger partial charge in [0.2, 0.25) is 0 Å². The van der Waals surface area contributed by atoms with E-state index in [0.29, 0.717) is 11.1 Å². The topological polar surface area (TPSA) is 18.5 Å². The summed E-state index contributed by atoms with van der Waals surface area (Å²) in [5, 5.41) is 0. The van der Waals surface area contributed by atoms with E-state index < -0.39 is 8.56 Å². The fourth-order valence-corrected chi connectivity index (χ4v) is 8.72. The second-order valence-electron chi connectivity index (χ2n) is 6.50. The SMILES string of the molecule is CO[Si](OC)(C1C(C)=CC(C)=C1C)C1C(C)=CC(C)=C1C.